The third-order valence-corrected chi connectivity index (χ3v) is 9.10. The van der Waals surface area contributed by atoms with Gasteiger partial charge < -0.3 is 0 Å². The molecule has 3 aromatic heterocycles. The van der Waals surface area contributed by atoms with E-state index in [1.165, 1.54) is 11.1 Å². The molecule has 0 amide bonds. The minimum atomic E-state index is -3.42. The zero-order valence-corrected chi connectivity index (χ0v) is 17.8. The van der Waals surface area contributed by atoms with Crippen LogP contribution in [0.5, 0.6) is 0 Å². The second-order valence-electron chi connectivity index (χ2n) is 6.21. The third-order valence-electron chi connectivity index (χ3n) is 4.31. The van der Waals surface area contributed by atoms with Crippen LogP contribution in [-0.4, -0.2) is 35.8 Å². The Labute approximate surface area is 171 Å². The quantitative estimate of drug-likeness (QED) is 0.522. The van der Waals surface area contributed by atoms with Crippen molar-refractivity contribution < 1.29 is 8.42 Å². The highest BCUT2D eigenvalue weighted by atomic mass is 32.2. The molecule has 1 aliphatic heterocycles. The Morgan fingerprint density at radius 2 is 1.96 bits per heavy atom. The van der Waals surface area contributed by atoms with E-state index in [0.717, 1.165) is 35.0 Å². The first-order chi connectivity index (χ1) is 13.1. The van der Waals surface area contributed by atoms with Gasteiger partial charge in [0.2, 0.25) is 10.0 Å². The lowest BCUT2D eigenvalue weighted by atomic mass is 10.2. The Hall–Kier alpha value is -1.26. The number of thiophene rings is 1. The van der Waals surface area contributed by atoms with E-state index in [9.17, 15) is 8.42 Å². The monoisotopic (exact) mass is 437 g/mol. The van der Waals surface area contributed by atoms with Gasteiger partial charge in [0.05, 0.1) is 15.6 Å². The van der Waals surface area contributed by atoms with Crippen LogP contribution in [0, 0.1) is 0 Å². The van der Waals surface area contributed by atoms with Gasteiger partial charge in [-0.05, 0) is 36.4 Å². The van der Waals surface area contributed by atoms with E-state index in [1.807, 2.05) is 6.07 Å². The van der Waals surface area contributed by atoms with Gasteiger partial charge >= 0.3 is 0 Å². The van der Waals surface area contributed by atoms with Crippen molar-refractivity contribution in [3.8, 4) is 9.88 Å². The molecule has 0 unspecified atom stereocenters. The molecule has 0 saturated carbocycles. The zero-order valence-electron chi connectivity index (χ0n) is 14.6. The van der Waals surface area contributed by atoms with Crippen LogP contribution in [-0.2, 0) is 15.8 Å². The summed E-state index contributed by atoms with van der Waals surface area (Å²) in [6.07, 6.45) is 4.44. The molecule has 1 fully saturated rings. The average Bonchev–Trinajstić information content (AvgIpc) is 3.39. The maximum absolute atomic E-state index is 12.7. The molecule has 27 heavy (non-hydrogen) atoms. The lowest BCUT2D eigenvalue weighted by Gasteiger charge is -2.25. The summed E-state index contributed by atoms with van der Waals surface area (Å²) in [4.78, 5) is 10.5. The summed E-state index contributed by atoms with van der Waals surface area (Å²) >= 11 is 4.90. The predicted octanol–water partition coefficient (Wildman–Crippen LogP) is 4.73. The van der Waals surface area contributed by atoms with Crippen molar-refractivity contribution in [2.75, 3.05) is 13.1 Å². The molecule has 1 aliphatic rings. The molecule has 4 heterocycles. The van der Waals surface area contributed by atoms with Gasteiger partial charge in [0.1, 0.15) is 9.90 Å². The molecule has 0 N–H and O–H groups in total. The molecule has 0 aromatic carbocycles. The SMILES string of the molecule is O=S(=O)(c1ccc(SCc2csc(-c3cccs3)n2)nc1)N1CCCCC1. The van der Waals surface area contributed by atoms with E-state index >= 15 is 0 Å². The van der Waals surface area contributed by atoms with E-state index in [4.69, 9.17) is 0 Å². The molecule has 5 nitrogen and oxygen atoms in total. The number of hydrogen-bond donors (Lipinski definition) is 0. The first kappa shape index (κ1) is 19.1. The van der Waals surface area contributed by atoms with Gasteiger partial charge in [-0.3, -0.25) is 0 Å². The predicted molar refractivity (Wildman–Crippen MR) is 112 cm³/mol. The van der Waals surface area contributed by atoms with E-state index in [1.54, 1.807) is 50.9 Å². The Balaban J connectivity index is 1.39. The van der Waals surface area contributed by atoms with Crippen LogP contribution < -0.4 is 0 Å². The van der Waals surface area contributed by atoms with Gasteiger partial charge in [0, 0.05) is 30.4 Å². The second-order valence-corrected chi connectivity index (χ2v) is 10.9. The summed E-state index contributed by atoms with van der Waals surface area (Å²) in [7, 11) is -3.42. The first-order valence-electron chi connectivity index (χ1n) is 8.70. The maximum Gasteiger partial charge on any atom is 0.244 e. The van der Waals surface area contributed by atoms with Crippen molar-refractivity contribution in [2.24, 2.45) is 0 Å². The molecule has 0 aliphatic carbocycles. The van der Waals surface area contributed by atoms with Gasteiger partial charge in [-0.2, -0.15) is 4.31 Å². The average molecular weight is 438 g/mol. The van der Waals surface area contributed by atoms with Gasteiger partial charge in [-0.25, -0.2) is 18.4 Å². The third kappa shape index (κ3) is 4.43. The number of pyridine rings is 1. The zero-order chi connectivity index (χ0) is 18.7. The van der Waals surface area contributed by atoms with Crippen molar-refractivity contribution >= 4 is 44.5 Å². The van der Waals surface area contributed by atoms with Crippen LogP contribution in [0.25, 0.3) is 9.88 Å². The number of sulfonamides is 1. The molecule has 0 radical (unpaired) electrons. The number of thioether (sulfide) groups is 1. The van der Waals surface area contributed by atoms with Gasteiger partial charge in [0.15, 0.2) is 0 Å². The number of piperidine rings is 1. The molecule has 142 valence electrons. The highest BCUT2D eigenvalue weighted by molar-refractivity contribution is 7.98. The van der Waals surface area contributed by atoms with Crippen LogP contribution in [0.1, 0.15) is 25.0 Å². The molecule has 0 atom stereocenters. The summed E-state index contributed by atoms with van der Waals surface area (Å²) in [5.41, 5.74) is 1.01. The number of thiazole rings is 1. The fourth-order valence-electron chi connectivity index (χ4n) is 2.89. The fourth-order valence-corrected chi connectivity index (χ4v) is 6.83. The molecular formula is C18H19N3O2S4. The molecule has 0 bridgehead atoms. The van der Waals surface area contributed by atoms with Crippen molar-refractivity contribution in [1.29, 1.82) is 0 Å². The normalized spacial score (nSPS) is 15.9. The number of nitrogens with zero attached hydrogens (tertiary/aromatic N) is 3. The second kappa shape index (κ2) is 8.40. The van der Waals surface area contributed by atoms with Crippen LogP contribution >= 0.6 is 34.4 Å². The molecule has 0 spiro atoms. The lowest BCUT2D eigenvalue weighted by Crippen LogP contribution is -2.35. The minimum absolute atomic E-state index is 0.280. The molecule has 9 heteroatoms. The van der Waals surface area contributed by atoms with E-state index in [2.05, 4.69) is 26.8 Å². The summed E-state index contributed by atoms with van der Waals surface area (Å²) < 4.78 is 26.9. The standard InChI is InChI=1S/C18H19N3O2S4/c22-27(23,21-8-2-1-3-9-21)15-6-7-17(19-11-15)25-12-14-13-26-18(20-14)16-5-4-10-24-16/h4-7,10-11,13H,1-3,8-9,12H2. The van der Waals surface area contributed by atoms with Crippen molar-refractivity contribution in [1.82, 2.24) is 14.3 Å². The molecule has 3 aromatic rings. The highest BCUT2D eigenvalue weighted by Crippen LogP contribution is 2.30. The summed E-state index contributed by atoms with van der Waals surface area (Å²) in [5.74, 6) is 0.715. The number of rotatable bonds is 6. The highest BCUT2D eigenvalue weighted by Gasteiger charge is 2.26. The Morgan fingerprint density at radius 3 is 2.67 bits per heavy atom. The first-order valence-corrected chi connectivity index (χ1v) is 12.9. The van der Waals surface area contributed by atoms with Gasteiger partial charge in [-0.1, -0.05) is 12.5 Å². The Bertz CT molecular complexity index is 976. The van der Waals surface area contributed by atoms with Gasteiger partial charge in [-0.15, -0.1) is 34.4 Å². The smallest absolute Gasteiger partial charge is 0.244 e. The maximum atomic E-state index is 12.7. The lowest BCUT2D eigenvalue weighted by molar-refractivity contribution is 0.346. The van der Waals surface area contributed by atoms with Crippen molar-refractivity contribution in [3.05, 3.63) is 46.9 Å². The minimum Gasteiger partial charge on any atom is -0.249 e. The topological polar surface area (TPSA) is 63.2 Å². The van der Waals surface area contributed by atoms with E-state index in [0.29, 0.717) is 18.8 Å². The van der Waals surface area contributed by atoms with Crippen LogP contribution in [0.2, 0.25) is 0 Å². The van der Waals surface area contributed by atoms with Crippen molar-refractivity contribution in [2.45, 2.75) is 34.9 Å². The van der Waals surface area contributed by atoms with E-state index in [-0.39, 0.29) is 4.90 Å². The molecule has 4 rings (SSSR count). The Morgan fingerprint density at radius 1 is 1.11 bits per heavy atom. The largest absolute Gasteiger partial charge is 0.249 e. The van der Waals surface area contributed by atoms with Gasteiger partial charge in [0.25, 0.3) is 0 Å². The van der Waals surface area contributed by atoms with E-state index < -0.39 is 10.0 Å². The molecular weight excluding hydrogens is 418 g/mol. The summed E-state index contributed by atoms with van der Waals surface area (Å²) in [5, 5.41) is 5.96. The fraction of sp³-hybridized carbons (Fsp3) is 0.333. The number of hydrogen-bond acceptors (Lipinski definition) is 7. The Kier molecular flexibility index (Phi) is 5.93. The molecule has 1 saturated heterocycles. The van der Waals surface area contributed by atoms with Crippen LogP contribution in [0.3, 0.4) is 0 Å². The van der Waals surface area contributed by atoms with Crippen molar-refractivity contribution in [3.63, 3.8) is 0 Å². The summed E-state index contributed by atoms with van der Waals surface area (Å²) in [6, 6.07) is 7.55. The van der Waals surface area contributed by atoms with Crippen LogP contribution in [0.4, 0.5) is 0 Å². The number of aromatic nitrogens is 2. The van der Waals surface area contributed by atoms with Crippen LogP contribution in [0.15, 0.2) is 51.1 Å². The summed E-state index contributed by atoms with van der Waals surface area (Å²) in [6.45, 7) is 1.21.